The number of aromatic hydroxyl groups is 1. The van der Waals surface area contributed by atoms with E-state index in [1.54, 1.807) is 6.92 Å². The van der Waals surface area contributed by atoms with Gasteiger partial charge in [-0.25, -0.2) is 10.4 Å². The molecule has 1 amide bonds. The molecular formula is C16H13N3O2S. The van der Waals surface area contributed by atoms with E-state index in [1.807, 2.05) is 24.3 Å². The summed E-state index contributed by atoms with van der Waals surface area (Å²) in [5, 5.41) is 14.1. The molecule has 0 aliphatic rings. The minimum atomic E-state index is -0.333. The molecule has 3 rings (SSSR count). The Morgan fingerprint density at radius 1 is 1.18 bits per heavy atom. The molecule has 0 aliphatic heterocycles. The summed E-state index contributed by atoms with van der Waals surface area (Å²) in [4.78, 5) is 16.4. The molecule has 2 aromatic carbocycles. The number of amides is 1. The van der Waals surface area contributed by atoms with Gasteiger partial charge in [0.1, 0.15) is 10.8 Å². The normalized spacial score (nSPS) is 11.6. The summed E-state index contributed by atoms with van der Waals surface area (Å²) in [5.41, 5.74) is 4.49. The molecule has 22 heavy (non-hydrogen) atoms. The summed E-state index contributed by atoms with van der Waals surface area (Å²) in [6.07, 6.45) is 0. The van der Waals surface area contributed by atoms with Gasteiger partial charge < -0.3 is 5.11 Å². The second-order valence-electron chi connectivity index (χ2n) is 4.67. The Morgan fingerprint density at radius 2 is 1.91 bits per heavy atom. The molecule has 0 aliphatic carbocycles. The zero-order valence-corrected chi connectivity index (χ0v) is 12.6. The standard InChI is InChI=1S/C16H13N3O2S/c1-10(16-17-13-4-2-3-5-14(13)22-16)18-19-15(21)11-6-8-12(20)9-7-11/h2-9,20H,1H3,(H,19,21)/b18-10-. The lowest BCUT2D eigenvalue weighted by molar-refractivity contribution is 0.0955. The highest BCUT2D eigenvalue weighted by atomic mass is 32.1. The number of phenols is 1. The number of nitrogens with one attached hydrogen (secondary N) is 1. The lowest BCUT2D eigenvalue weighted by Gasteiger charge is -2.01. The third-order valence-corrected chi connectivity index (χ3v) is 4.20. The molecule has 5 nitrogen and oxygen atoms in total. The van der Waals surface area contributed by atoms with Crippen LogP contribution in [0.5, 0.6) is 5.75 Å². The van der Waals surface area contributed by atoms with E-state index in [-0.39, 0.29) is 11.7 Å². The van der Waals surface area contributed by atoms with Crippen molar-refractivity contribution in [1.29, 1.82) is 0 Å². The quantitative estimate of drug-likeness (QED) is 0.576. The predicted octanol–water partition coefficient (Wildman–Crippen LogP) is 3.16. The number of para-hydroxylation sites is 1. The number of thiazole rings is 1. The van der Waals surface area contributed by atoms with Gasteiger partial charge >= 0.3 is 0 Å². The Bertz CT molecular complexity index is 820. The van der Waals surface area contributed by atoms with Crippen LogP contribution in [0.4, 0.5) is 0 Å². The van der Waals surface area contributed by atoms with Crippen molar-refractivity contribution in [3.8, 4) is 5.75 Å². The summed E-state index contributed by atoms with van der Waals surface area (Å²) in [6, 6.07) is 13.8. The number of hydrogen-bond acceptors (Lipinski definition) is 5. The first-order valence-electron chi connectivity index (χ1n) is 6.63. The van der Waals surface area contributed by atoms with Crippen LogP contribution in [-0.2, 0) is 0 Å². The fraction of sp³-hybridized carbons (Fsp3) is 0.0625. The number of phenolic OH excluding ortho intramolecular Hbond substituents is 1. The topological polar surface area (TPSA) is 74.6 Å². The summed E-state index contributed by atoms with van der Waals surface area (Å²) in [6.45, 7) is 1.80. The van der Waals surface area contributed by atoms with Crippen molar-refractivity contribution in [2.24, 2.45) is 5.10 Å². The Balaban J connectivity index is 1.76. The minimum Gasteiger partial charge on any atom is -0.508 e. The molecule has 0 atom stereocenters. The molecule has 0 unspecified atom stereocenters. The van der Waals surface area contributed by atoms with Crippen LogP contribution in [0, 0.1) is 0 Å². The van der Waals surface area contributed by atoms with Crippen LogP contribution in [0.25, 0.3) is 10.2 Å². The molecule has 0 spiro atoms. The van der Waals surface area contributed by atoms with Gasteiger partial charge in [-0.15, -0.1) is 11.3 Å². The zero-order valence-electron chi connectivity index (χ0n) is 11.8. The van der Waals surface area contributed by atoms with Crippen LogP contribution < -0.4 is 5.43 Å². The largest absolute Gasteiger partial charge is 0.508 e. The van der Waals surface area contributed by atoms with Gasteiger partial charge in [0, 0.05) is 5.56 Å². The van der Waals surface area contributed by atoms with Gasteiger partial charge in [-0.2, -0.15) is 5.10 Å². The Morgan fingerprint density at radius 3 is 2.64 bits per heavy atom. The average Bonchev–Trinajstić information content (AvgIpc) is 2.97. The number of rotatable bonds is 3. The number of carbonyl (C=O) groups is 1. The van der Waals surface area contributed by atoms with Gasteiger partial charge in [0.05, 0.1) is 15.9 Å². The van der Waals surface area contributed by atoms with Gasteiger partial charge in [0.15, 0.2) is 0 Å². The lowest BCUT2D eigenvalue weighted by Crippen LogP contribution is -2.19. The van der Waals surface area contributed by atoms with E-state index in [0.717, 1.165) is 15.2 Å². The molecule has 1 heterocycles. The number of nitrogens with zero attached hydrogens (tertiary/aromatic N) is 2. The molecule has 3 aromatic rings. The lowest BCUT2D eigenvalue weighted by atomic mass is 10.2. The SMILES string of the molecule is C/C(=N/NC(=O)c1ccc(O)cc1)c1nc2ccccc2s1. The Labute approximate surface area is 130 Å². The van der Waals surface area contributed by atoms with Gasteiger partial charge in [-0.1, -0.05) is 12.1 Å². The van der Waals surface area contributed by atoms with Crippen LogP contribution in [-0.4, -0.2) is 21.7 Å². The first-order valence-corrected chi connectivity index (χ1v) is 7.45. The number of hydrogen-bond donors (Lipinski definition) is 2. The molecule has 0 saturated heterocycles. The molecule has 0 bridgehead atoms. The highest BCUT2D eigenvalue weighted by Gasteiger charge is 2.08. The highest BCUT2D eigenvalue weighted by molar-refractivity contribution is 7.20. The summed E-state index contributed by atoms with van der Waals surface area (Å²) >= 11 is 1.53. The first-order chi connectivity index (χ1) is 10.6. The van der Waals surface area contributed by atoms with Crippen molar-refractivity contribution in [1.82, 2.24) is 10.4 Å². The fourth-order valence-electron chi connectivity index (χ4n) is 1.89. The van der Waals surface area contributed by atoms with Gasteiger partial charge in [-0.3, -0.25) is 4.79 Å². The van der Waals surface area contributed by atoms with Crippen molar-refractivity contribution >= 4 is 33.2 Å². The fourth-order valence-corrected chi connectivity index (χ4v) is 2.80. The van der Waals surface area contributed by atoms with Crippen LogP contribution in [0.1, 0.15) is 22.3 Å². The van der Waals surface area contributed by atoms with Crippen molar-refractivity contribution in [2.45, 2.75) is 6.92 Å². The molecule has 0 fully saturated rings. The van der Waals surface area contributed by atoms with Crippen LogP contribution in [0.3, 0.4) is 0 Å². The Kier molecular flexibility index (Phi) is 3.84. The smallest absolute Gasteiger partial charge is 0.271 e. The highest BCUT2D eigenvalue weighted by Crippen LogP contribution is 2.21. The zero-order chi connectivity index (χ0) is 15.5. The summed E-state index contributed by atoms with van der Waals surface area (Å²) < 4.78 is 1.08. The van der Waals surface area contributed by atoms with E-state index in [9.17, 15) is 9.90 Å². The van der Waals surface area contributed by atoms with Crippen molar-refractivity contribution in [3.05, 3.63) is 59.1 Å². The second-order valence-corrected chi connectivity index (χ2v) is 5.70. The van der Waals surface area contributed by atoms with Gasteiger partial charge in [-0.05, 0) is 43.3 Å². The number of hydrazone groups is 1. The van der Waals surface area contributed by atoms with E-state index < -0.39 is 0 Å². The maximum atomic E-state index is 11.9. The van der Waals surface area contributed by atoms with E-state index >= 15 is 0 Å². The second kappa shape index (κ2) is 5.95. The number of benzene rings is 2. The van der Waals surface area contributed by atoms with E-state index in [2.05, 4.69) is 15.5 Å². The maximum Gasteiger partial charge on any atom is 0.271 e. The van der Waals surface area contributed by atoms with Crippen LogP contribution >= 0.6 is 11.3 Å². The monoisotopic (exact) mass is 311 g/mol. The number of aromatic nitrogens is 1. The molecule has 110 valence electrons. The molecule has 0 radical (unpaired) electrons. The maximum absolute atomic E-state index is 11.9. The number of fused-ring (bicyclic) bond motifs is 1. The van der Waals surface area contributed by atoms with Crippen molar-refractivity contribution < 1.29 is 9.90 Å². The first kappa shape index (κ1) is 14.2. The molecular weight excluding hydrogens is 298 g/mol. The molecule has 0 saturated carbocycles. The number of carbonyl (C=O) groups excluding carboxylic acids is 1. The minimum absolute atomic E-state index is 0.116. The third kappa shape index (κ3) is 2.96. The average molecular weight is 311 g/mol. The van der Waals surface area contributed by atoms with Gasteiger partial charge in [0.25, 0.3) is 5.91 Å². The molecule has 1 aromatic heterocycles. The van der Waals surface area contributed by atoms with E-state index in [1.165, 1.54) is 35.6 Å². The third-order valence-electron chi connectivity index (χ3n) is 3.06. The van der Waals surface area contributed by atoms with Gasteiger partial charge in [0.2, 0.25) is 0 Å². The Hall–Kier alpha value is -2.73. The predicted molar refractivity (Wildman–Crippen MR) is 87.4 cm³/mol. The van der Waals surface area contributed by atoms with Crippen LogP contribution in [0.2, 0.25) is 0 Å². The summed E-state index contributed by atoms with van der Waals surface area (Å²) in [7, 11) is 0. The molecule has 2 N–H and O–H groups in total. The van der Waals surface area contributed by atoms with Crippen molar-refractivity contribution in [2.75, 3.05) is 0 Å². The van der Waals surface area contributed by atoms with E-state index in [4.69, 9.17) is 0 Å². The van der Waals surface area contributed by atoms with Crippen molar-refractivity contribution in [3.63, 3.8) is 0 Å². The van der Waals surface area contributed by atoms with E-state index in [0.29, 0.717) is 11.3 Å². The van der Waals surface area contributed by atoms with Crippen LogP contribution in [0.15, 0.2) is 53.6 Å². The molecule has 6 heteroatoms. The summed E-state index contributed by atoms with van der Waals surface area (Å²) in [5.74, 6) is -0.217.